The lowest BCUT2D eigenvalue weighted by molar-refractivity contribution is 0.0918. The molecule has 1 aromatic heterocycles. The molecule has 0 aromatic carbocycles. The number of amides is 1. The molecule has 1 atom stereocenters. The smallest absolute Gasteiger partial charge is 0.282 e. The van der Waals surface area contributed by atoms with Gasteiger partial charge in [0.25, 0.3) is 5.91 Å². The van der Waals surface area contributed by atoms with Crippen LogP contribution in [0, 0.1) is 5.92 Å². The lowest BCUT2D eigenvalue weighted by Crippen LogP contribution is -2.38. The van der Waals surface area contributed by atoms with E-state index in [0.717, 1.165) is 0 Å². The SMILES string of the molecule is CNc1nnc(C(=O)NC(C)C2CCCCC2)s1. The van der Waals surface area contributed by atoms with Gasteiger partial charge < -0.3 is 10.6 Å². The summed E-state index contributed by atoms with van der Waals surface area (Å²) in [6.45, 7) is 2.09. The molecular weight excluding hydrogens is 248 g/mol. The fraction of sp³-hybridized carbons (Fsp3) is 0.750. The van der Waals surface area contributed by atoms with Crippen molar-refractivity contribution in [3.8, 4) is 0 Å². The first kappa shape index (κ1) is 13.3. The first-order valence-corrected chi connectivity index (χ1v) is 7.34. The number of hydrogen-bond acceptors (Lipinski definition) is 5. The van der Waals surface area contributed by atoms with Crippen LogP contribution in [-0.2, 0) is 0 Å². The zero-order valence-electron chi connectivity index (χ0n) is 10.9. The summed E-state index contributed by atoms with van der Waals surface area (Å²) in [6.07, 6.45) is 6.35. The van der Waals surface area contributed by atoms with Crippen LogP contribution in [0.2, 0.25) is 0 Å². The largest absolute Gasteiger partial charge is 0.363 e. The maximum atomic E-state index is 12.0. The van der Waals surface area contributed by atoms with E-state index in [1.165, 1.54) is 43.4 Å². The molecule has 6 heteroatoms. The Labute approximate surface area is 111 Å². The number of carbonyl (C=O) groups is 1. The van der Waals surface area contributed by atoms with Gasteiger partial charge in [0.1, 0.15) is 0 Å². The summed E-state index contributed by atoms with van der Waals surface area (Å²) in [5, 5.41) is 14.8. The predicted molar refractivity (Wildman–Crippen MR) is 73.0 cm³/mol. The zero-order chi connectivity index (χ0) is 13.0. The summed E-state index contributed by atoms with van der Waals surface area (Å²) in [4.78, 5) is 12.0. The van der Waals surface area contributed by atoms with Crippen LogP contribution in [0.4, 0.5) is 5.13 Å². The van der Waals surface area contributed by atoms with E-state index in [4.69, 9.17) is 0 Å². The Morgan fingerprint density at radius 3 is 2.67 bits per heavy atom. The lowest BCUT2D eigenvalue weighted by Gasteiger charge is -2.27. The number of carbonyl (C=O) groups excluding carboxylic acids is 1. The van der Waals surface area contributed by atoms with E-state index in [2.05, 4.69) is 27.8 Å². The summed E-state index contributed by atoms with van der Waals surface area (Å²) >= 11 is 1.28. The molecule has 100 valence electrons. The van der Waals surface area contributed by atoms with Gasteiger partial charge in [-0.1, -0.05) is 30.6 Å². The normalized spacial score (nSPS) is 18.3. The molecule has 1 saturated carbocycles. The molecule has 1 fully saturated rings. The maximum Gasteiger partial charge on any atom is 0.282 e. The average Bonchev–Trinajstić information content (AvgIpc) is 2.88. The minimum absolute atomic E-state index is 0.105. The van der Waals surface area contributed by atoms with Gasteiger partial charge in [-0.3, -0.25) is 4.79 Å². The second-order valence-corrected chi connectivity index (χ2v) is 5.80. The molecule has 0 radical (unpaired) electrons. The third-order valence-corrected chi connectivity index (χ3v) is 4.49. The summed E-state index contributed by atoms with van der Waals surface area (Å²) in [7, 11) is 1.77. The Morgan fingerprint density at radius 2 is 2.06 bits per heavy atom. The van der Waals surface area contributed by atoms with Crippen molar-refractivity contribution in [3.05, 3.63) is 5.01 Å². The molecule has 0 spiro atoms. The number of anilines is 1. The second-order valence-electron chi connectivity index (χ2n) is 4.82. The standard InChI is InChI=1S/C12H20N4OS/c1-8(9-6-4-3-5-7-9)14-10(17)11-15-16-12(13-2)18-11/h8-9H,3-7H2,1-2H3,(H,13,16)(H,14,17). The highest BCUT2D eigenvalue weighted by Gasteiger charge is 2.23. The summed E-state index contributed by atoms with van der Waals surface area (Å²) in [5.74, 6) is 0.506. The van der Waals surface area contributed by atoms with Gasteiger partial charge in [-0.15, -0.1) is 10.2 Å². The van der Waals surface area contributed by atoms with E-state index in [9.17, 15) is 4.79 Å². The summed E-state index contributed by atoms with van der Waals surface area (Å²) < 4.78 is 0. The van der Waals surface area contributed by atoms with Crippen molar-refractivity contribution in [2.75, 3.05) is 12.4 Å². The molecule has 2 rings (SSSR count). The van der Waals surface area contributed by atoms with E-state index >= 15 is 0 Å². The fourth-order valence-electron chi connectivity index (χ4n) is 2.44. The van der Waals surface area contributed by atoms with Crippen molar-refractivity contribution < 1.29 is 4.79 Å². The van der Waals surface area contributed by atoms with Gasteiger partial charge in [-0.05, 0) is 25.7 Å². The molecule has 0 bridgehead atoms. The van der Waals surface area contributed by atoms with Crippen LogP contribution in [0.3, 0.4) is 0 Å². The van der Waals surface area contributed by atoms with Crippen LogP contribution in [-0.4, -0.2) is 29.2 Å². The molecule has 1 aromatic rings. The van der Waals surface area contributed by atoms with E-state index in [-0.39, 0.29) is 11.9 Å². The molecule has 1 aliphatic carbocycles. The fourth-order valence-corrected chi connectivity index (χ4v) is 3.04. The van der Waals surface area contributed by atoms with Crippen LogP contribution < -0.4 is 10.6 Å². The van der Waals surface area contributed by atoms with Crippen molar-refractivity contribution in [3.63, 3.8) is 0 Å². The maximum absolute atomic E-state index is 12.0. The highest BCUT2D eigenvalue weighted by Crippen LogP contribution is 2.26. The van der Waals surface area contributed by atoms with Crippen LogP contribution in [0.1, 0.15) is 48.8 Å². The van der Waals surface area contributed by atoms with Crippen LogP contribution in [0.15, 0.2) is 0 Å². The Hall–Kier alpha value is -1.17. The zero-order valence-corrected chi connectivity index (χ0v) is 11.7. The Morgan fingerprint density at radius 1 is 1.33 bits per heavy atom. The molecule has 5 nitrogen and oxygen atoms in total. The summed E-state index contributed by atoms with van der Waals surface area (Å²) in [6, 6.07) is 0.222. The Balaban J connectivity index is 1.89. The molecule has 0 aliphatic heterocycles. The van der Waals surface area contributed by atoms with Crippen molar-refractivity contribution in [2.24, 2.45) is 5.92 Å². The lowest BCUT2D eigenvalue weighted by atomic mass is 9.84. The predicted octanol–water partition coefficient (Wildman–Crippen LogP) is 2.28. The minimum atomic E-state index is -0.105. The molecule has 1 unspecified atom stereocenters. The Kier molecular flexibility index (Phi) is 4.52. The van der Waals surface area contributed by atoms with Crippen molar-refractivity contribution >= 4 is 22.4 Å². The van der Waals surface area contributed by atoms with Gasteiger partial charge >= 0.3 is 0 Å². The molecule has 18 heavy (non-hydrogen) atoms. The molecule has 1 heterocycles. The Bertz CT molecular complexity index is 401. The molecule has 0 saturated heterocycles. The number of aromatic nitrogens is 2. The van der Waals surface area contributed by atoms with Crippen molar-refractivity contribution in [1.82, 2.24) is 15.5 Å². The average molecular weight is 268 g/mol. The third-order valence-electron chi connectivity index (χ3n) is 3.55. The summed E-state index contributed by atoms with van der Waals surface area (Å²) in [5.41, 5.74) is 0. The van der Waals surface area contributed by atoms with Gasteiger partial charge in [0.05, 0.1) is 0 Å². The first-order valence-electron chi connectivity index (χ1n) is 6.53. The van der Waals surface area contributed by atoms with Crippen LogP contribution in [0.25, 0.3) is 0 Å². The number of nitrogens with zero attached hydrogens (tertiary/aromatic N) is 2. The topological polar surface area (TPSA) is 66.9 Å². The van der Waals surface area contributed by atoms with E-state index in [1.807, 2.05) is 0 Å². The van der Waals surface area contributed by atoms with E-state index in [1.54, 1.807) is 7.05 Å². The van der Waals surface area contributed by atoms with Gasteiger partial charge in [0, 0.05) is 13.1 Å². The monoisotopic (exact) mass is 268 g/mol. The molecule has 2 N–H and O–H groups in total. The van der Waals surface area contributed by atoms with Gasteiger partial charge in [0.2, 0.25) is 10.1 Å². The molecule has 1 amide bonds. The highest BCUT2D eigenvalue weighted by molar-refractivity contribution is 7.17. The van der Waals surface area contributed by atoms with Gasteiger partial charge in [-0.25, -0.2) is 0 Å². The third kappa shape index (κ3) is 3.19. The van der Waals surface area contributed by atoms with E-state index in [0.29, 0.717) is 16.1 Å². The minimum Gasteiger partial charge on any atom is -0.363 e. The van der Waals surface area contributed by atoms with Crippen molar-refractivity contribution in [2.45, 2.75) is 45.1 Å². The quantitative estimate of drug-likeness (QED) is 0.879. The van der Waals surface area contributed by atoms with Gasteiger partial charge in [0.15, 0.2) is 0 Å². The van der Waals surface area contributed by atoms with E-state index < -0.39 is 0 Å². The number of nitrogens with one attached hydrogen (secondary N) is 2. The van der Waals surface area contributed by atoms with Crippen LogP contribution >= 0.6 is 11.3 Å². The number of hydrogen-bond donors (Lipinski definition) is 2. The van der Waals surface area contributed by atoms with Gasteiger partial charge in [-0.2, -0.15) is 0 Å². The van der Waals surface area contributed by atoms with Crippen molar-refractivity contribution in [1.29, 1.82) is 0 Å². The highest BCUT2D eigenvalue weighted by atomic mass is 32.1. The second kappa shape index (κ2) is 6.13. The number of rotatable bonds is 4. The van der Waals surface area contributed by atoms with Crippen LogP contribution in [0.5, 0.6) is 0 Å². The molecular formula is C12H20N4OS. The first-order chi connectivity index (χ1) is 8.70. The molecule has 1 aliphatic rings.